The average Bonchev–Trinajstić information content (AvgIpc) is 2.52. The van der Waals surface area contributed by atoms with Gasteiger partial charge in [-0.25, -0.2) is 0 Å². The number of phenols is 1. The molecule has 1 aromatic carbocycles. The summed E-state index contributed by atoms with van der Waals surface area (Å²) in [4.78, 5) is 0. The van der Waals surface area contributed by atoms with E-state index in [4.69, 9.17) is 0 Å². The van der Waals surface area contributed by atoms with Gasteiger partial charge in [0.1, 0.15) is 11.9 Å². The fourth-order valence-corrected chi connectivity index (χ4v) is 2.82. The molecule has 128 valence electrons. The lowest BCUT2D eigenvalue weighted by molar-refractivity contribution is -0.137. The number of aromatic nitrogens is 2. The fourth-order valence-electron chi connectivity index (χ4n) is 2.82. The van der Waals surface area contributed by atoms with Gasteiger partial charge in [-0.1, -0.05) is 6.92 Å². The molecule has 0 amide bonds. The second-order valence-corrected chi connectivity index (χ2v) is 5.98. The number of halogens is 3. The molecule has 0 aliphatic heterocycles. The molecule has 0 fully saturated rings. The lowest BCUT2D eigenvalue weighted by atomic mass is 9.83. The van der Waals surface area contributed by atoms with Gasteiger partial charge < -0.3 is 15.3 Å². The number of aliphatic hydroxyl groups is 2. The Hall–Kier alpha value is -2.19. The van der Waals surface area contributed by atoms with Crippen molar-refractivity contribution in [3.05, 3.63) is 41.1 Å². The number of phenolic OH excluding ortho intramolecular Hbond substituents is 1. The van der Waals surface area contributed by atoms with Crippen molar-refractivity contribution in [3.8, 4) is 17.0 Å². The zero-order valence-electron chi connectivity index (χ0n) is 12.6. The number of alkyl halides is 3. The van der Waals surface area contributed by atoms with Gasteiger partial charge in [-0.2, -0.15) is 23.4 Å². The minimum absolute atomic E-state index is 0.00171. The van der Waals surface area contributed by atoms with Crippen LogP contribution in [0.4, 0.5) is 13.2 Å². The first-order chi connectivity index (χ1) is 11.2. The highest BCUT2D eigenvalue weighted by Gasteiger charge is 2.34. The van der Waals surface area contributed by atoms with Crippen LogP contribution in [0.3, 0.4) is 0 Å². The number of rotatable bonds is 1. The van der Waals surface area contributed by atoms with Gasteiger partial charge in [0.05, 0.1) is 23.1 Å². The molecule has 0 saturated heterocycles. The van der Waals surface area contributed by atoms with E-state index in [-0.39, 0.29) is 22.9 Å². The summed E-state index contributed by atoms with van der Waals surface area (Å²) in [5, 5.41) is 37.8. The van der Waals surface area contributed by atoms with Crippen molar-refractivity contribution in [2.24, 2.45) is 5.92 Å². The van der Waals surface area contributed by atoms with E-state index in [0.717, 1.165) is 18.2 Å². The Kier molecular flexibility index (Phi) is 3.97. The molecule has 3 unspecified atom stereocenters. The zero-order valence-corrected chi connectivity index (χ0v) is 12.6. The van der Waals surface area contributed by atoms with Gasteiger partial charge >= 0.3 is 6.18 Å². The molecule has 8 heteroatoms. The Morgan fingerprint density at radius 2 is 1.83 bits per heavy atom. The van der Waals surface area contributed by atoms with Crippen molar-refractivity contribution >= 4 is 0 Å². The normalized spacial score (nSPS) is 23.8. The second kappa shape index (κ2) is 5.71. The molecule has 1 aliphatic carbocycles. The van der Waals surface area contributed by atoms with Crippen LogP contribution in [0, 0.1) is 5.92 Å². The summed E-state index contributed by atoms with van der Waals surface area (Å²) >= 11 is 0. The van der Waals surface area contributed by atoms with Gasteiger partial charge in [-0.05, 0) is 36.6 Å². The molecule has 2 aromatic rings. The summed E-state index contributed by atoms with van der Waals surface area (Å²) in [6.45, 7) is 1.76. The summed E-state index contributed by atoms with van der Waals surface area (Å²) in [5.74, 6) is -0.592. The first-order valence-electron chi connectivity index (χ1n) is 7.31. The molecule has 5 nitrogen and oxygen atoms in total. The molecule has 3 N–H and O–H groups in total. The minimum Gasteiger partial charge on any atom is -0.507 e. The van der Waals surface area contributed by atoms with Gasteiger partial charge in [-0.15, -0.1) is 0 Å². The Morgan fingerprint density at radius 1 is 1.12 bits per heavy atom. The van der Waals surface area contributed by atoms with E-state index in [1.165, 1.54) is 6.07 Å². The monoisotopic (exact) mass is 340 g/mol. The lowest BCUT2D eigenvalue weighted by Gasteiger charge is -2.30. The number of aliphatic hydroxyl groups excluding tert-OH is 2. The lowest BCUT2D eigenvalue weighted by Crippen LogP contribution is -2.33. The highest BCUT2D eigenvalue weighted by Crippen LogP contribution is 2.38. The van der Waals surface area contributed by atoms with Gasteiger partial charge in [0.25, 0.3) is 0 Å². The number of fused-ring (bicyclic) bond motifs is 1. The van der Waals surface area contributed by atoms with Crippen LogP contribution in [-0.2, 0) is 12.6 Å². The molecule has 1 aromatic heterocycles. The second-order valence-electron chi connectivity index (χ2n) is 5.98. The highest BCUT2D eigenvalue weighted by molar-refractivity contribution is 5.68. The Bertz CT molecular complexity index is 780. The summed E-state index contributed by atoms with van der Waals surface area (Å²) in [6, 6.07) is 3.84. The Balaban J connectivity index is 2.09. The standard InChI is InChI=1S/C16H15F3N2O3/c1-7-4-11-10(15(24)14(7)23)6-12(21-20-11)9-5-8(16(17,18)19)2-3-13(9)22/h2-3,5-7,14-15,22-24H,4H2,1H3. The zero-order chi connectivity index (χ0) is 17.6. The first kappa shape index (κ1) is 16.7. The largest absolute Gasteiger partial charge is 0.507 e. The molecule has 0 spiro atoms. The molecule has 24 heavy (non-hydrogen) atoms. The number of nitrogens with zero attached hydrogens (tertiary/aromatic N) is 2. The maximum Gasteiger partial charge on any atom is 0.416 e. The van der Waals surface area contributed by atoms with Crippen molar-refractivity contribution in [2.75, 3.05) is 0 Å². The minimum atomic E-state index is -4.56. The van der Waals surface area contributed by atoms with Gasteiger partial charge in [0.2, 0.25) is 0 Å². The molecular formula is C16H15F3N2O3. The summed E-state index contributed by atoms with van der Waals surface area (Å²) in [6.07, 6.45) is -6.36. The number of hydrogen-bond donors (Lipinski definition) is 3. The smallest absolute Gasteiger partial charge is 0.416 e. The van der Waals surface area contributed by atoms with Gasteiger partial charge in [-0.3, -0.25) is 0 Å². The van der Waals surface area contributed by atoms with E-state index in [9.17, 15) is 28.5 Å². The molecule has 3 rings (SSSR count). The molecule has 1 aliphatic rings. The van der Waals surface area contributed by atoms with Crippen LogP contribution >= 0.6 is 0 Å². The summed E-state index contributed by atoms with van der Waals surface area (Å²) < 4.78 is 38.6. The van der Waals surface area contributed by atoms with Crippen molar-refractivity contribution in [3.63, 3.8) is 0 Å². The van der Waals surface area contributed by atoms with E-state index in [2.05, 4.69) is 10.2 Å². The molecular weight excluding hydrogens is 325 g/mol. The molecule has 0 bridgehead atoms. The number of aromatic hydroxyl groups is 1. The van der Waals surface area contributed by atoms with E-state index in [1.54, 1.807) is 6.92 Å². The molecule has 0 saturated carbocycles. The molecule has 0 radical (unpaired) electrons. The van der Waals surface area contributed by atoms with Crippen molar-refractivity contribution in [2.45, 2.75) is 31.7 Å². The SMILES string of the molecule is CC1Cc2nnc(-c3cc(C(F)(F)F)ccc3O)cc2C(O)C1O. The third-order valence-corrected chi connectivity index (χ3v) is 4.24. The number of hydrogen-bond acceptors (Lipinski definition) is 5. The van der Waals surface area contributed by atoms with Gasteiger partial charge in [0, 0.05) is 11.1 Å². The van der Waals surface area contributed by atoms with Crippen LogP contribution in [0.25, 0.3) is 11.3 Å². The van der Waals surface area contributed by atoms with Crippen molar-refractivity contribution < 1.29 is 28.5 Å². The van der Waals surface area contributed by atoms with Crippen LogP contribution in [-0.4, -0.2) is 31.6 Å². The van der Waals surface area contributed by atoms with E-state index in [1.807, 2.05) is 0 Å². The Morgan fingerprint density at radius 3 is 2.50 bits per heavy atom. The topological polar surface area (TPSA) is 86.5 Å². The molecule has 1 heterocycles. The highest BCUT2D eigenvalue weighted by atomic mass is 19.4. The summed E-state index contributed by atoms with van der Waals surface area (Å²) in [5.41, 5.74) is -0.277. The van der Waals surface area contributed by atoms with Crippen molar-refractivity contribution in [1.29, 1.82) is 0 Å². The Labute approximate surface area is 135 Å². The predicted octanol–water partition coefficient (Wildman–Crippen LogP) is 2.45. The van der Waals surface area contributed by atoms with Crippen LogP contribution in [0.15, 0.2) is 24.3 Å². The maximum absolute atomic E-state index is 12.9. The third kappa shape index (κ3) is 2.83. The van der Waals surface area contributed by atoms with Gasteiger partial charge in [0.15, 0.2) is 0 Å². The van der Waals surface area contributed by atoms with Crippen LogP contribution in [0.5, 0.6) is 5.75 Å². The first-order valence-corrected chi connectivity index (χ1v) is 7.31. The van der Waals surface area contributed by atoms with E-state index in [0.29, 0.717) is 17.7 Å². The molecule has 3 atom stereocenters. The summed E-state index contributed by atoms with van der Waals surface area (Å²) in [7, 11) is 0. The maximum atomic E-state index is 12.9. The van der Waals surface area contributed by atoms with Crippen LogP contribution in [0.2, 0.25) is 0 Å². The fraction of sp³-hybridized carbons (Fsp3) is 0.375. The van der Waals surface area contributed by atoms with Crippen LogP contribution < -0.4 is 0 Å². The quantitative estimate of drug-likeness (QED) is 0.742. The van der Waals surface area contributed by atoms with E-state index >= 15 is 0 Å². The van der Waals surface area contributed by atoms with Crippen LogP contribution in [0.1, 0.15) is 29.8 Å². The van der Waals surface area contributed by atoms with Crippen molar-refractivity contribution in [1.82, 2.24) is 10.2 Å². The van der Waals surface area contributed by atoms with E-state index < -0.39 is 23.9 Å². The third-order valence-electron chi connectivity index (χ3n) is 4.24. The average molecular weight is 340 g/mol. The predicted molar refractivity (Wildman–Crippen MR) is 78.0 cm³/mol. The number of benzene rings is 1.